The molecule has 3 aromatic rings. The molecule has 1 aliphatic heterocycles. The highest BCUT2D eigenvalue weighted by Gasteiger charge is 2.38. The number of hydrogen-bond donors (Lipinski definition) is 1. The van der Waals surface area contributed by atoms with Crippen LogP contribution >= 0.6 is 34.4 Å². The standard InChI is InChI=1S/C23H20N4OS3/c1-12-9-14(10-18-20(28)19(21(25)30-18)22-26-7-8-29-22)13(2)27(12)23-16(11-24)15-5-3-4-6-17(15)31-23/h7-10,19,25H,3-6H2,1-2H3/b18-10-,25-21?/t19-/m1/s1. The molecule has 2 aliphatic rings. The topological polar surface area (TPSA) is 82.5 Å². The number of nitrogens with zero attached hydrogens (tertiary/aromatic N) is 3. The lowest BCUT2D eigenvalue weighted by Crippen LogP contribution is -2.11. The molecule has 1 atom stereocenters. The van der Waals surface area contributed by atoms with E-state index in [0.717, 1.165) is 46.8 Å². The van der Waals surface area contributed by atoms with Gasteiger partial charge in [-0.2, -0.15) is 5.26 Å². The van der Waals surface area contributed by atoms with Crippen LogP contribution in [0.3, 0.4) is 0 Å². The molecule has 5 nitrogen and oxygen atoms in total. The number of aromatic nitrogens is 2. The zero-order valence-electron chi connectivity index (χ0n) is 17.2. The first kappa shape index (κ1) is 20.4. The normalized spacial score (nSPS) is 19.8. The van der Waals surface area contributed by atoms with E-state index in [1.54, 1.807) is 17.5 Å². The lowest BCUT2D eigenvalue weighted by molar-refractivity contribution is -0.114. The van der Waals surface area contributed by atoms with Gasteiger partial charge in [-0.05, 0) is 62.8 Å². The van der Waals surface area contributed by atoms with Crippen LogP contribution in [0.2, 0.25) is 0 Å². The average Bonchev–Trinajstić information content (AvgIpc) is 3.50. The fraction of sp³-hybridized carbons (Fsp3) is 0.304. The monoisotopic (exact) mass is 464 g/mol. The molecule has 3 aromatic heterocycles. The molecule has 0 unspecified atom stereocenters. The largest absolute Gasteiger partial charge is 0.308 e. The summed E-state index contributed by atoms with van der Waals surface area (Å²) in [6.45, 7) is 4.08. The van der Waals surface area contributed by atoms with Crippen LogP contribution in [0, 0.1) is 30.6 Å². The summed E-state index contributed by atoms with van der Waals surface area (Å²) in [5, 5.41) is 22.0. The highest BCUT2D eigenvalue weighted by atomic mass is 32.2. The highest BCUT2D eigenvalue weighted by Crippen LogP contribution is 2.42. The van der Waals surface area contributed by atoms with Crippen LogP contribution in [0.5, 0.6) is 0 Å². The van der Waals surface area contributed by atoms with Gasteiger partial charge in [0.1, 0.15) is 22.0 Å². The first-order valence-electron chi connectivity index (χ1n) is 10.1. The van der Waals surface area contributed by atoms with Gasteiger partial charge in [0.25, 0.3) is 0 Å². The van der Waals surface area contributed by atoms with E-state index < -0.39 is 5.92 Å². The van der Waals surface area contributed by atoms with E-state index in [0.29, 0.717) is 15.0 Å². The second-order valence-corrected chi connectivity index (χ2v) is 10.9. The molecule has 0 spiro atoms. The molecule has 8 heteroatoms. The van der Waals surface area contributed by atoms with Crippen molar-refractivity contribution in [1.82, 2.24) is 9.55 Å². The van der Waals surface area contributed by atoms with Crippen LogP contribution < -0.4 is 0 Å². The van der Waals surface area contributed by atoms with E-state index in [-0.39, 0.29) is 5.78 Å². The lowest BCUT2D eigenvalue weighted by atomic mass is 9.96. The Morgan fingerprint density at radius 2 is 2.13 bits per heavy atom. The summed E-state index contributed by atoms with van der Waals surface area (Å²) in [6, 6.07) is 4.52. The number of carbonyl (C=O) groups is 1. The maximum Gasteiger partial charge on any atom is 0.186 e. The smallest absolute Gasteiger partial charge is 0.186 e. The maximum atomic E-state index is 13.0. The SMILES string of the molecule is Cc1cc(/C=C2\SC(=N)[C@H](c3nccs3)C2=O)c(C)n1-c1sc2c(c1C#N)CCCC2. The van der Waals surface area contributed by atoms with Gasteiger partial charge in [0.15, 0.2) is 5.78 Å². The third kappa shape index (κ3) is 3.32. The second-order valence-electron chi connectivity index (χ2n) is 7.81. The van der Waals surface area contributed by atoms with Gasteiger partial charge >= 0.3 is 0 Å². The van der Waals surface area contributed by atoms with Crippen molar-refractivity contribution in [2.24, 2.45) is 0 Å². The highest BCUT2D eigenvalue weighted by molar-refractivity contribution is 8.19. The van der Waals surface area contributed by atoms with Gasteiger partial charge in [-0.1, -0.05) is 11.8 Å². The number of Topliss-reactive ketones (excluding diaryl/α,β-unsaturated/α-hetero) is 1. The number of hydrogen-bond acceptors (Lipinski definition) is 7. The summed E-state index contributed by atoms with van der Waals surface area (Å²) in [5.74, 6) is -0.631. The number of nitriles is 1. The summed E-state index contributed by atoms with van der Waals surface area (Å²) >= 11 is 4.37. The number of thiophene rings is 1. The van der Waals surface area contributed by atoms with Gasteiger partial charge < -0.3 is 4.57 Å². The minimum Gasteiger partial charge on any atom is -0.308 e. The predicted octanol–water partition coefficient (Wildman–Crippen LogP) is 5.78. The van der Waals surface area contributed by atoms with Crippen molar-refractivity contribution < 1.29 is 4.79 Å². The molecule has 5 rings (SSSR count). The van der Waals surface area contributed by atoms with Crippen LogP contribution in [0.1, 0.15) is 56.7 Å². The first-order valence-corrected chi connectivity index (χ1v) is 12.7. The zero-order valence-corrected chi connectivity index (χ0v) is 19.6. The molecule has 0 amide bonds. The molecule has 0 saturated carbocycles. The van der Waals surface area contributed by atoms with Crippen molar-refractivity contribution in [1.29, 1.82) is 10.7 Å². The molecule has 1 fully saturated rings. The van der Waals surface area contributed by atoms with Crippen molar-refractivity contribution in [3.63, 3.8) is 0 Å². The average molecular weight is 465 g/mol. The summed E-state index contributed by atoms with van der Waals surface area (Å²) in [5.41, 5.74) is 5.04. The third-order valence-corrected chi connectivity index (χ3v) is 9.02. The minimum atomic E-state index is -0.575. The molecule has 1 saturated heterocycles. The molecule has 1 N–H and O–H groups in total. The van der Waals surface area contributed by atoms with E-state index in [9.17, 15) is 10.1 Å². The minimum absolute atomic E-state index is 0.0564. The van der Waals surface area contributed by atoms with Crippen LogP contribution in [0.4, 0.5) is 0 Å². The molecular weight excluding hydrogens is 444 g/mol. The lowest BCUT2D eigenvalue weighted by Gasteiger charge is -2.10. The van der Waals surface area contributed by atoms with Gasteiger partial charge in [0.05, 0.1) is 15.5 Å². The fourth-order valence-corrected chi connectivity index (χ4v) is 7.65. The number of nitrogens with one attached hydrogen (secondary N) is 1. The van der Waals surface area contributed by atoms with Crippen molar-refractivity contribution in [2.45, 2.75) is 45.4 Å². The Kier molecular flexibility index (Phi) is 5.21. The molecule has 0 radical (unpaired) electrons. The quantitative estimate of drug-likeness (QED) is 0.498. The second kappa shape index (κ2) is 7.90. The molecule has 0 bridgehead atoms. The number of ketones is 1. The number of fused-ring (bicyclic) bond motifs is 1. The molecule has 31 heavy (non-hydrogen) atoms. The van der Waals surface area contributed by atoms with Crippen molar-refractivity contribution in [3.05, 3.63) is 60.5 Å². The maximum absolute atomic E-state index is 13.0. The van der Waals surface area contributed by atoms with Crippen molar-refractivity contribution in [2.75, 3.05) is 0 Å². The Morgan fingerprint density at radius 3 is 2.87 bits per heavy atom. The van der Waals surface area contributed by atoms with E-state index in [1.165, 1.54) is 40.0 Å². The van der Waals surface area contributed by atoms with Crippen molar-refractivity contribution >= 4 is 51.3 Å². The van der Waals surface area contributed by atoms with E-state index >= 15 is 0 Å². The van der Waals surface area contributed by atoms with Gasteiger partial charge in [-0.15, -0.1) is 22.7 Å². The predicted molar refractivity (Wildman–Crippen MR) is 128 cm³/mol. The Morgan fingerprint density at radius 1 is 1.32 bits per heavy atom. The summed E-state index contributed by atoms with van der Waals surface area (Å²) in [7, 11) is 0. The van der Waals surface area contributed by atoms with Crippen LogP contribution in [-0.2, 0) is 17.6 Å². The summed E-state index contributed by atoms with van der Waals surface area (Å²) in [4.78, 5) is 19.2. The molecule has 4 heterocycles. The number of thiazole rings is 1. The van der Waals surface area contributed by atoms with E-state index in [1.807, 2.05) is 25.3 Å². The Labute approximate surface area is 193 Å². The number of allylic oxidation sites excluding steroid dienone is 1. The number of aryl methyl sites for hydroxylation is 2. The number of rotatable bonds is 3. The van der Waals surface area contributed by atoms with Gasteiger partial charge in [-0.3, -0.25) is 10.2 Å². The number of carbonyl (C=O) groups excluding carboxylic acids is 1. The van der Waals surface area contributed by atoms with Gasteiger partial charge in [0, 0.05) is 27.8 Å². The molecular formula is C23H20N4OS3. The van der Waals surface area contributed by atoms with Gasteiger partial charge in [-0.25, -0.2) is 4.98 Å². The summed E-state index contributed by atoms with van der Waals surface area (Å²) in [6.07, 6.45) is 7.93. The molecule has 156 valence electrons. The van der Waals surface area contributed by atoms with Crippen LogP contribution in [-0.4, -0.2) is 20.4 Å². The Bertz CT molecular complexity index is 1290. The Hall–Kier alpha value is -2.47. The third-order valence-electron chi connectivity index (χ3n) is 5.91. The number of thioether (sulfide) groups is 1. The fourth-order valence-electron chi connectivity index (χ4n) is 4.40. The zero-order chi connectivity index (χ0) is 21.7. The van der Waals surface area contributed by atoms with Gasteiger partial charge in [0.2, 0.25) is 0 Å². The van der Waals surface area contributed by atoms with Crippen molar-refractivity contribution in [3.8, 4) is 11.1 Å². The van der Waals surface area contributed by atoms with E-state index in [2.05, 4.69) is 21.7 Å². The van der Waals surface area contributed by atoms with E-state index in [4.69, 9.17) is 5.41 Å². The molecule has 1 aliphatic carbocycles. The first-order chi connectivity index (χ1) is 15.0. The molecule has 0 aromatic carbocycles. The summed E-state index contributed by atoms with van der Waals surface area (Å²) < 4.78 is 2.15. The Balaban J connectivity index is 1.55. The van der Waals surface area contributed by atoms with Crippen LogP contribution in [0.25, 0.3) is 11.1 Å². The van der Waals surface area contributed by atoms with Crippen LogP contribution in [0.15, 0.2) is 22.5 Å².